The summed E-state index contributed by atoms with van der Waals surface area (Å²) in [7, 11) is 0. The Bertz CT molecular complexity index is 1170. The molecule has 0 spiro atoms. The molecule has 2 aliphatic rings. The van der Waals surface area contributed by atoms with Crippen LogP contribution in [0.2, 0.25) is 0 Å². The van der Waals surface area contributed by atoms with Crippen LogP contribution in [-0.2, 0) is 22.4 Å². The molecule has 0 radical (unpaired) electrons. The molecule has 45 heavy (non-hydrogen) atoms. The molecular formula is C36H53N3O6. The van der Waals surface area contributed by atoms with E-state index in [4.69, 9.17) is 0 Å². The largest absolute Gasteiger partial charge is 0.390 e. The van der Waals surface area contributed by atoms with Crippen molar-refractivity contribution in [1.82, 2.24) is 16.0 Å². The average Bonchev–Trinajstić information content (AvgIpc) is 3.45. The highest BCUT2D eigenvalue weighted by Crippen LogP contribution is 2.47. The van der Waals surface area contributed by atoms with E-state index < -0.39 is 58.1 Å². The first-order chi connectivity index (χ1) is 21.2. The van der Waals surface area contributed by atoms with Gasteiger partial charge < -0.3 is 36.4 Å². The molecule has 2 saturated carbocycles. The molecule has 0 bridgehead atoms. The van der Waals surface area contributed by atoms with Gasteiger partial charge in [-0.2, -0.15) is 0 Å². The molecule has 0 aromatic heterocycles. The third-order valence-corrected chi connectivity index (χ3v) is 10.5. The quantitative estimate of drug-likeness (QED) is 0.171. The standard InChI is InChI=1S/C36H53N3O6/c1-33(2)17-11-19-35(33,44)31(42)38-27(21-25-13-7-5-8-14-25)29(40)23-37-24-30(41)28(22-26-15-9-6-10-16-26)39-32(43)36(45)20-12-18-34(36,3)4/h5-10,13-16,27-30,37,40-41,44-45H,11-12,17-24H2,1-4H3,(H,38,42)(H,39,43)/t27-,28-,29+,30+,35?,36?/m0/s1. The number of hydrogen-bond donors (Lipinski definition) is 7. The lowest BCUT2D eigenvalue weighted by Crippen LogP contribution is -2.60. The summed E-state index contributed by atoms with van der Waals surface area (Å²) in [6, 6.07) is 17.7. The molecule has 2 fully saturated rings. The second-order valence-corrected chi connectivity index (χ2v) is 14.5. The molecular weight excluding hydrogens is 570 g/mol. The number of hydrogen-bond acceptors (Lipinski definition) is 7. The van der Waals surface area contributed by atoms with Gasteiger partial charge in [-0.1, -0.05) is 88.4 Å². The van der Waals surface area contributed by atoms with Gasteiger partial charge in [-0.3, -0.25) is 9.59 Å². The Labute approximate surface area is 267 Å². The zero-order valence-electron chi connectivity index (χ0n) is 27.3. The van der Waals surface area contributed by atoms with Crippen LogP contribution in [-0.4, -0.2) is 80.8 Å². The van der Waals surface area contributed by atoms with Crippen molar-refractivity contribution < 1.29 is 30.0 Å². The molecule has 2 aliphatic carbocycles. The predicted octanol–water partition coefficient (Wildman–Crippen LogP) is 2.64. The minimum atomic E-state index is -1.52. The lowest BCUT2D eigenvalue weighted by Gasteiger charge is -2.37. The van der Waals surface area contributed by atoms with Gasteiger partial charge in [0.2, 0.25) is 0 Å². The first kappa shape index (κ1) is 35.0. The monoisotopic (exact) mass is 623 g/mol. The molecule has 2 aromatic carbocycles. The third kappa shape index (κ3) is 7.95. The molecule has 9 nitrogen and oxygen atoms in total. The fourth-order valence-corrected chi connectivity index (χ4v) is 7.05. The predicted molar refractivity (Wildman–Crippen MR) is 174 cm³/mol. The van der Waals surface area contributed by atoms with Crippen LogP contribution in [0.5, 0.6) is 0 Å². The summed E-state index contributed by atoms with van der Waals surface area (Å²) in [6.45, 7) is 7.67. The first-order valence-electron chi connectivity index (χ1n) is 16.4. The lowest BCUT2D eigenvalue weighted by atomic mass is 9.77. The van der Waals surface area contributed by atoms with Crippen LogP contribution in [0.25, 0.3) is 0 Å². The Kier molecular flexibility index (Phi) is 11.1. The number of amides is 2. The fourth-order valence-electron chi connectivity index (χ4n) is 7.05. The highest BCUT2D eigenvalue weighted by atomic mass is 16.3. The Balaban J connectivity index is 1.43. The van der Waals surface area contributed by atoms with Crippen LogP contribution in [0.3, 0.4) is 0 Å². The van der Waals surface area contributed by atoms with Crippen molar-refractivity contribution in [2.24, 2.45) is 10.8 Å². The van der Waals surface area contributed by atoms with Crippen LogP contribution in [0, 0.1) is 10.8 Å². The van der Waals surface area contributed by atoms with Gasteiger partial charge in [0.05, 0.1) is 24.3 Å². The Morgan fingerprint density at radius 1 is 0.644 bits per heavy atom. The van der Waals surface area contributed by atoms with Crippen LogP contribution in [0.15, 0.2) is 60.7 Å². The molecule has 7 N–H and O–H groups in total. The summed E-state index contributed by atoms with van der Waals surface area (Å²) in [5, 5.41) is 54.3. The van der Waals surface area contributed by atoms with E-state index in [1.165, 1.54) is 0 Å². The van der Waals surface area contributed by atoms with Gasteiger partial charge in [0.1, 0.15) is 11.2 Å². The zero-order chi connectivity index (χ0) is 32.9. The van der Waals surface area contributed by atoms with Gasteiger partial charge in [0.25, 0.3) is 11.8 Å². The molecule has 0 aliphatic heterocycles. The molecule has 2 unspecified atom stereocenters. The van der Waals surface area contributed by atoms with Gasteiger partial charge in [0.15, 0.2) is 0 Å². The van der Waals surface area contributed by atoms with Crippen molar-refractivity contribution >= 4 is 11.8 Å². The van der Waals surface area contributed by atoms with Gasteiger partial charge >= 0.3 is 0 Å². The molecule has 9 heteroatoms. The molecule has 2 aromatic rings. The van der Waals surface area contributed by atoms with Crippen LogP contribution < -0.4 is 16.0 Å². The van der Waals surface area contributed by atoms with E-state index in [-0.39, 0.29) is 13.1 Å². The van der Waals surface area contributed by atoms with Crippen LogP contribution in [0.4, 0.5) is 0 Å². The van der Waals surface area contributed by atoms with E-state index in [2.05, 4.69) is 16.0 Å². The maximum Gasteiger partial charge on any atom is 0.252 e. The molecule has 0 saturated heterocycles. The fraction of sp³-hybridized carbons (Fsp3) is 0.611. The molecule has 2 amide bonds. The van der Waals surface area contributed by atoms with Gasteiger partial charge in [0, 0.05) is 23.9 Å². The molecule has 4 rings (SSSR count). The summed E-state index contributed by atoms with van der Waals surface area (Å²) in [4.78, 5) is 26.8. The topological polar surface area (TPSA) is 151 Å². The highest BCUT2D eigenvalue weighted by molar-refractivity contribution is 5.87. The smallest absolute Gasteiger partial charge is 0.252 e. The molecule has 6 atom stereocenters. The van der Waals surface area contributed by atoms with Crippen molar-refractivity contribution in [3.8, 4) is 0 Å². The van der Waals surface area contributed by atoms with E-state index in [0.717, 1.165) is 36.8 Å². The number of aliphatic hydroxyl groups excluding tert-OH is 2. The average molecular weight is 624 g/mol. The number of carbonyl (C=O) groups excluding carboxylic acids is 2. The Morgan fingerprint density at radius 2 is 1.00 bits per heavy atom. The maximum absolute atomic E-state index is 13.4. The Hall–Kier alpha value is -2.82. The summed E-state index contributed by atoms with van der Waals surface area (Å²) >= 11 is 0. The van der Waals surface area contributed by atoms with Crippen molar-refractivity contribution in [2.45, 2.75) is 115 Å². The van der Waals surface area contributed by atoms with E-state index in [1.807, 2.05) is 88.4 Å². The molecule has 0 heterocycles. The van der Waals surface area contributed by atoms with Crippen molar-refractivity contribution in [2.75, 3.05) is 13.1 Å². The van der Waals surface area contributed by atoms with Crippen molar-refractivity contribution in [3.05, 3.63) is 71.8 Å². The van der Waals surface area contributed by atoms with E-state index in [9.17, 15) is 30.0 Å². The number of aliphatic hydroxyl groups is 4. The van der Waals surface area contributed by atoms with Gasteiger partial charge in [-0.05, 0) is 62.5 Å². The number of rotatable bonds is 14. The second kappa shape index (κ2) is 14.3. The third-order valence-electron chi connectivity index (χ3n) is 10.5. The second-order valence-electron chi connectivity index (χ2n) is 14.5. The summed E-state index contributed by atoms with van der Waals surface area (Å²) in [6.07, 6.45) is 2.35. The number of benzene rings is 2. The summed E-state index contributed by atoms with van der Waals surface area (Å²) in [5.74, 6) is -0.966. The maximum atomic E-state index is 13.4. The van der Waals surface area contributed by atoms with Gasteiger partial charge in [-0.15, -0.1) is 0 Å². The van der Waals surface area contributed by atoms with Crippen LogP contribution >= 0.6 is 0 Å². The molecule has 248 valence electrons. The first-order valence-corrected chi connectivity index (χ1v) is 16.4. The number of nitrogens with one attached hydrogen (secondary N) is 3. The number of carbonyl (C=O) groups is 2. The highest BCUT2D eigenvalue weighted by Gasteiger charge is 2.54. The lowest BCUT2D eigenvalue weighted by molar-refractivity contribution is -0.151. The minimum Gasteiger partial charge on any atom is -0.390 e. The van der Waals surface area contributed by atoms with E-state index in [1.54, 1.807) is 0 Å². The van der Waals surface area contributed by atoms with Crippen molar-refractivity contribution in [1.29, 1.82) is 0 Å². The zero-order valence-corrected chi connectivity index (χ0v) is 27.3. The minimum absolute atomic E-state index is 0.0552. The van der Waals surface area contributed by atoms with Crippen LogP contribution in [0.1, 0.15) is 77.3 Å². The SMILES string of the molecule is CC1(C)CCCC1(O)C(=O)N[C@@H](Cc1ccccc1)[C@H](O)CNC[C@@H](O)[C@H](Cc1ccccc1)NC(=O)C1(O)CCCC1(C)C. The summed E-state index contributed by atoms with van der Waals surface area (Å²) < 4.78 is 0. The normalized spacial score (nSPS) is 26.5. The Morgan fingerprint density at radius 3 is 1.31 bits per heavy atom. The van der Waals surface area contributed by atoms with Gasteiger partial charge in [-0.25, -0.2) is 0 Å². The summed E-state index contributed by atoms with van der Waals surface area (Å²) in [5.41, 5.74) is -2.35. The van der Waals surface area contributed by atoms with E-state index >= 15 is 0 Å². The van der Waals surface area contributed by atoms with Crippen molar-refractivity contribution in [3.63, 3.8) is 0 Å². The van der Waals surface area contributed by atoms with E-state index in [0.29, 0.717) is 25.7 Å².